The first-order chi connectivity index (χ1) is 13.2. The second-order valence-corrected chi connectivity index (χ2v) is 8.70. The molecule has 0 aliphatic heterocycles. The molecule has 0 spiro atoms. The molecular weight excluding hydrogens is 396 g/mol. The van der Waals surface area contributed by atoms with Crippen LogP contribution in [0.15, 0.2) is 48.5 Å². The van der Waals surface area contributed by atoms with Crippen molar-refractivity contribution in [1.82, 2.24) is 5.32 Å². The van der Waals surface area contributed by atoms with Crippen LogP contribution in [0.25, 0.3) is 0 Å². The number of nitrogens with one attached hydrogen (secondary N) is 2. The SMILES string of the molecule is COc1ccc(N(C)CCNC(=S)Nc2cccc(N(C)S(C)(=O)=O)c2)cc1. The predicted molar refractivity (Wildman–Crippen MR) is 120 cm³/mol. The van der Waals surface area contributed by atoms with E-state index in [1.54, 1.807) is 25.3 Å². The van der Waals surface area contributed by atoms with Crippen molar-refractivity contribution in [3.05, 3.63) is 48.5 Å². The number of thiocarbonyl (C=S) groups is 1. The van der Waals surface area contributed by atoms with Crippen molar-refractivity contribution in [3.63, 3.8) is 0 Å². The average Bonchev–Trinajstić information content (AvgIpc) is 2.66. The van der Waals surface area contributed by atoms with Gasteiger partial charge in [0.15, 0.2) is 5.11 Å². The summed E-state index contributed by atoms with van der Waals surface area (Å²) in [6.07, 6.45) is 1.17. The summed E-state index contributed by atoms with van der Waals surface area (Å²) in [6, 6.07) is 14.9. The van der Waals surface area contributed by atoms with Crippen molar-refractivity contribution in [3.8, 4) is 5.75 Å². The molecular formula is C19H26N4O3S2. The van der Waals surface area contributed by atoms with Gasteiger partial charge in [0, 0.05) is 38.6 Å². The Labute approximate surface area is 172 Å². The van der Waals surface area contributed by atoms with E-state index in [1.807, 2.05) is 37.4 Å². The summed E-state index contributed by atoms with van der Waals surface area (Å²) < 4.78 is 29.7. The van der Waals surface area contributed by atoms with Crippen molar-refractivity contribution < 1.29 is 13.2 Å². The van der Waals surface area contributed by atoms with Crippen LogP contribution < -0.4 is 24.6 Å². The Hall–Kier alpha value is -2.52. The number of benzene rings is 2. The molecule has 152 valence electrons. The van der Waals surface area contributed by atoms with Crippen LogP contribution in [-0.2, 0) is 10.0 Å². The lowest BCUT2D eigenvalue weighted by Crippen LogP contribution is -2.35. The van der Waals surface area contributed by atoms with Crippen molar-refractivity contribution >= 4 is 44.4 Å². The zero-order valence-electron chi connectivity index (χ0n) is 16.5. The van der Waals surface area contributed by atoms with Gasteiger partial charge in [-0.3, -0.25) is 4.31 Å². The van der Waals surface area contributed by atoms with E-state index in [2.05, 4.69) is 15.5 Å². The lowest BCUT2D eigenvalue weighted by atomic mass is 10.3. The fraction of sp³-hybridized carbons (Fsp3) is 0.316. The third kappa shape index (κ3) is 6.28. The Bertz CT molecular complexity index is 902. The van der Waals surface area contributed by atoms with Crippen LogP contribution >= 0.6 is 12.2 Å². The van der Waals surface area contributed by atoms with E-state index in [0.717, 1.165) is 18.0 Å². The van der Waals surface area contributed by atoms with E-state index in [0.29, 0.717) is 23.0 Å². The smallest absolute Gasteiger partial charge is 0.231 e. The highest BCUT2D eigenvalue weighted by Gasteiger charge is 2.12. The van der Waals surface area contributed by atoms with Gasteiger partial charge in [-0.15, -0.1) is 0 Å². The number of nitrogens with zero attached hydrogens (tertiary/aromatic N) is 2. The lowest BCUT2D eigenvalue weighted by Gasteiger charge is -2.21. The van der Waals surface area contributed by atoms with Gasteiger partial charge in [0.05, 0.1) is 19.1 Å². The first kappa shape index (κ1) is 21.8. The maximum absolute atomic E-state index is 11.7. The average molecular weight is 423 g/mol. The normalized spacial score (nSPS) is 10.9. The van der Waals surface area contributed by atoms with Gasteiger partial charge in [-0.25, -0.2) is 8.42 Å². The van der Waals surface area contributed by atoms with Gasteiger partial charge in [-0.2, -0.15) is 0 Å². The molecule has 0 unspecified atom stereocenters. The molecule has 0 atom stereocenters. The molecule has 0 radical (unpaired) electrons. The number of sulfonamides is 1. The summed E-state index contributed by atoms with van der Waals surface area (Å²) in [6.45, 7) is 1.41. The molecule has 2 aromatic carbocycles. The Kier molecular flexibility index (Phi) is 7.47. The number of hydrogen-bond donors (Lipinski definition) is 2. The first-order valence-electron chi connectivity index (χ1n) is 8.64. The molecule has 28 heavy (non-hydrogen) atoms. The van der Waals surface area contributed by atoms with Crippen LogP contribution in [0.5, 0.6) is 5.75 Å². The third-order valence-corrected chi connectivity index (χ3v) is 5.66. The standard InChI is InChI=1S/C19H26N4O3S2/c1-22(16-8-10-18(26-3)11-9-16)13-12-20-19(27)21-15-6-5-7-17(14-15)23(2)28(4,24)25/h5-11,14H,12-13H2,1-4H3,(H2,20,21,27). The van der Waals surface area contributed by atoms with Gasteiger partial charge < -0.3 is 20.3 Å². The highest BCUT2D eigenvalue weighted by Crippen LogP contribution is 2.20. The van der Waals surface area contributed by atoms with E-state index in [-0.39, 0.29) is 0 Å². The summed E-state index contributed by atoms with van der Waals surface area (Å²) >= 11 is 5.33. The molecule has 0 aliphatic rings. The Morgan fingerprint density at radius 1 is 1.11 bits per heavy atom. The molecule has 0 aliphatic carbocycles. The monoisotopic (exact) mass is 422 g/mol. The maximum atomic E-state index is 11.7. The van der Waals surface area contributed by atoms with E-state index in [9.17, 15) is 8.42 Å². The summed E-state index contributed by atoms with van der Waals surface area (Å²) in [5, 5.41) is 6.71. The fourth-order valence-electron chi connectivity index (χ4n) is 2.45. The lowest BCUT2D eigenvalue weighted by molar-refractivity contribution is 0.415. The second-order valence-electron chi connectivity index (χ2n) is 6.28. The molecule has 0 fully saturated rings. The molecule has 0 aromatic heterocycles. The van der Waals surface area contributed by atoms with E-state index < -0.39 is 10.0 Å². The van der Waals surface area contributed by atoms with Crippen LogP contribution in [0.1, 0.15) is 0 Å². The van der Waals surface area contributed by atoms with Gasteiger partial charge in [-0.1, -0.05) is 6.07 Å². The van der Waals surface area contributed by atoms with Crippen molar-refractivity contribution in [2.45, 2.75) is 0 Å². The summed E-state index contributed by atoms with van der Waals surface area (Å²) in [5.41, 5.74) is 2.36. The molecule has 9 heteroatoms. The van der Waals surface area contributed by atoms with Crippen LogP contribution in [0.3, 0.4) is 0 Å². The minimum Gasteiger partial charge on any atom is -0.497 e. The molecule has 2 rings (SSSR count). The zero-order valence-corrected chi connectivity index (χ0v) is 18.1. The van der Waals surface area contributed by atoms with Gasteiger partial charge in [-0.05, 0) is 54.7 Å². The molecule has 7 nitrogen and oxygen atoms in total. The van der Waals surface area contributed by atoms with Crippen LogP contribution in [0.2, 0.25) is 0 Å². The molecule has 0 saturated carbocycles. The summed E-state index contributed by atoms with van der Waals surface area (Å²) in [7, 11) is 1.85. The first-order valence-corrected chi connectivity index (χ1v) is 10.9. The highest BCUT2D eigenvalue weighted by molar-refractivity contribution is 7.92. The largest absolute Gasteiger partial charge is 0.497 e. The van der Waals surface area contributed by atoms with Gasteiger partial charge in [0.1, 0.15) is 5.75 Å². The fourth-order valence-corrected chi connectivity index (χ4v) is 3.17. The molecule has 2 N–H and O–H groups in total. The van der Waals surface area contributed by atoms with Crippen LogP contribution in [0.4, 0.5) is 17.1 Å². The van der Waals surface area contributed by atoms with Crippen molar-refractivity contribution in [2.24, 2.45) is 0 Å². The van der Waals surface area contributed by atoms with Crippen molar-refractivity contribution in [2.75, 3.05) is 55.1 Å². The van der Waals surface area contributed by atoms with E-state index >= 15 is 0 Å². The van der Waals surface area contributed by atoms with Gasteiger partial charge in [0.25, 0.3) is 0 Å². The topological polar surface area (TPSA) is 73.9 Å². The Morgan fingerprint density at radius 2 is 1.79 bits per heavy atom. The predicted octanol–water partition coefficient (Wildman–Crippen LogP) is 2.51. The number of methoxy groups -OCH3 is 1. The molecule has 2 aromatic rings. The Balaban J connectivity index is 1.85. The molecule has 0 saturated heterocycles. The van der Waals surface area contributed by atoms with E-state index in [1.165, 1.54) is 17.6 Å². The minimum absolute atomic E-state index is 0.474. The Morgan fingerprint density at radius 3 is 2.39 bits per heavy atom. The molecule has 0 bridgehead atoms. The summed E-state index contributed by atoms with van der Waals surface area (Å²) in [5.74, 6) is 0.824. The number of rotatable bonds is 8. The zero-order chi connectivity index (χ0) is 20.7. The highest BCUT2D eigenvalue weighted by atomic mass is 32.2. The number of anilines is 3. The number of ether oxygens (including phenoxy) is 1. The molecule has 0 heterocycles. The van der Waals surface area contributed by atoms with E-state index in [4.69, 9.17) is 17.0 Å². The molecule has 0 amide bonds. The van der Waals surface area contributed by atoms with Crippen LogP contribution in [0, 0.1) is 0 Å². The van der Waals surface area contributed by atoms with Gasteiger partial charge in [0.2, 0.25) is 10.0 Å². The number of likely N-dealkylation sites (N-methyl/N-ethyl adjacent to an activating group) is 1. The quantitative estimate of drug-likeness (QED) is 0.633. The second kappa shape index (κ2) is 9.61. The minimum atomic E-state index is -3.31. The summed E-state index contributed by atoms with van der Waals surface area (Å²) in [4.78, 5) is 2.11. The third-order valence-electron chi connectivity index (χ3n) is 4.21. The number of hydrogen-bond acceptors (Lipinski definition) is 5. The van der Waals surface area contributed by atoms with Crippen LogP contribution in [-0.4, -0.2) is 54.1 Å². The van der Waals surface area contributed by atoms with Crippen molar-refractivity contribution in [1.29, 1.82) is 0 Å². The maximum Gasteiger partial charge on any atom is 0.231 e. The van der Waals surface area contributed by atoms with Gasteiger partial charge >= 0.3 is 0 Å².